The fraction of sp³-hybridized carbons (Fsp3) is 0.538. The predicted octanol–water partition coefficient (Wildman–Crippen LogP) is 11.5. The third-order valence-corrected chi connectivity index (χ3v) is 3.78. The molecule has 0 amide bonds. The lowest BCUT2D eigenvalue weighted by Gasteiger charge is -1.89. The topological polar surface area (TPSA) is 0 Å². The second-order valence-corrected chi connectivity index (χ2v) is 7.16. The molecule has 0 aromatic heterocycles. The van der Waals surface area contributed by atoms with Gasteiger partial charge >= 0.3 is 0 Å². The molecular formula is C26H48Cl2S2. The fourth-order valence-corrected chi connectivity index (χ4v) is 1.59. The molecule has 0 bridgehead atoms. The van der Waals surface area contributed by atoms with Gasteiger partial charge in [0.25, 0.3) is 0 Å². The Morgan fingerprint density at radius 2 is 0.900 bits per heavy atom. The van der Waals surface area contributed by atoms with Gasteiger partial charge in [0, 0.05) is 9.79 Å². The number of unbranched alkanes of at least 4 members (excludes halogenated alkanes) is 2. The zero-order chi connectivity index (χ0) is 24.5. The molecule has 0 aliphatic carbocycles. The lowest BCUT2D eigenvalue weighted by molar-refractivity contribution is 0.886. The molecule has 0 fully saturated rings. The highest BCUT2D eigenvalue weighted by Crippen LogP contribution is 2.11. The number of hydrogen-bond acceptors (Lipinski definition) is 2. The van der Waals surface area contributed by atoms with Crippen molar-refractivity contribution in [2.24, 2.45) is 0 Å². The molecule has 0 aliphatic heterocycles. The van der Waals surface area contributed by atoms with E-state index in [2.05, 4.69) is 58.7 Å². The third-order valence-electron chi connectivity index (χ3n) is 2.74. The number of benzene rings is 2. The molecule has 0 spiro atoms. The van der Waals surface area contributed by atoms with Gasteiger partial charge in [-0.1, -0.05) is 117 Å². The molecule has 0 unspecified atom stereocenters. The van der Waals surface area contributed by atoms with Crippen LogP contribution < -0.4 is 0 Å². The first-order valence-corrected chi connectivity index (χ1v) is 13.8. The summed E-state index contributed by atoms with van der Waals surface area (Å²) in [5.74, 6) is 0. The van der Waals surface area contributed by atoms with Gasteiger partial charge < -0.3 is 0 Å². The van der Waals surface area contributed by atoms with Crippen molar-refractivity contribution in [2.45, 2.75) is 90.9 Å². The van der Waals surface area contributed by atoms with Crippen molar-refractivity contribution >= 4 is 47.6 Å². The molecule has 2 aromatic rings. The molecule has 2 rings (SSSR count). The summed E-state index contributed by atoms with van der Waals surface area (Å²) >= 11 is 15.4. The van der Waals surface area contributed by atoms with E-state index < -0.39 is 0 Å². The normalized spacial score (nSPS) is 7.47. The summed E-state index contributed by atoms with van der Waals surface area (Å²) in [6.45, 7) is 16.7. The number of hydrogen-bond donors (Lipinski definition) is 1. The van der Waals surface area contributed by atoms with Crippen LogP contribution in [0.4, 0.5) is 0 Å². The summed E-state index contributed by atoms with van der Waals surface area (Å²) in [4.78, 5) is 2.34. The average molecular weight is 496 g/mol. The molecule has 0 radical (unpaired) electrons. The van der Waals surface area contributed by atoms with Crippen LogP contribution in [0.5, 0.6) is 0 Å². The second kappa shape index (κ2) is 46.8. The molecular weight excluding hydrogens is 447 g/mol. The lowest BCUT2D eigenvalue weighted by atomic mass is 10.4. The standard InChI is InChI=1S/C7H8S.C6H6S.2C4H10.2C2H6.CH2Cl2/c1-8-7-5-3-2-4-6-7;7-6-4-2-1-3-5-6;2*1-3-4-2;2*1-2;2-1-3/h2-6H,1H3;1-5,7H;2*3-4H2,1-2H3;2*1-2H3;1H2. The first-order valence-electron chi connectivity index (χ1n) is 11.0. The van der Waals surface area contributed by atoms with E-state index in [4.69, 9.17) is 23.2 Å². The number of rotatable bonds is 3. The van der Waals surface area contributed by atoms with Gasteiger partial charge in [0.15, 0.2) is 0 Å². The van der Waals surface area contributed by atoms with Crippen molar-refractivity contribution in [2.75, 3.05) is 11.6 Å². The summed E-state index contributed by atoms with van der Waals surface area (Å²) in [7, 11) is 0. The van der Waals surface area contributed by atoms with Gasteiger partial charge in [0.1, 0.15) is 0 Å². The summed E-state index contributed by atoms with van der Waals surface area (Å²) in [6.07, 6.45) is 7.36. The Balaban J connectivity index is -0.0000000870. The molecule has 4 heteroatoms. The van der Waals surface area contributed by atoms with Crippen molar-refractivity contribution in [3.05, 3.63) is 60.7 Å². The first kappa shape index (κ1) is 40.1. The summed E-state index contributed by atoms with van der Waals surface area (Å²) in [5, 5.41) is 0.194. The van der Waals surface area contributed by atoms with E-state index in [0.29, 0.717) is 0 Å². The lowest BCUT2D eigenvalue weighted by Crippen LogP contribution is -1.62. The van der Waals surface area contributed by atoms with Gasteiger partial charge in [0.05, 0.1) is 5.34 Å². The highest BCUT2D eigenvalue weighted by Gasteiger charge is 1.80. The van der Waals surface area contributed by atoms with Crippen molar-refractivity contribution in [3.63, 3.8) is 0 Å². The monoisotopic (exact) mass is 494 g/mol. The largest absolute Gasteiger partial charge is 0.143 e. The molecule has 2 aromatic carbocycles. The maximum atomic E-state index is 4.76. The maximum Gasteiger partial charge on any atom is 0.0967 e. The Hall–Kier alpha value is -0.280. The Labute approximate surface area is 210 Å². The smallest absolute Gasteiger partial charge is 0.0967 e. The van der Waals surface area contributed by atoms with Crippen LogP contribution in [-0.4, -0.2) is 11.6 Å². The van der Waals surface area contributed by atoms with E-state index in [-0.39, 0.29) is 5.34 Å². The molecule has 0 N–H and O–H groups in total. The van der Waals surface area contributed by atoms with Gasteiger partial charge in [-0.15, -0.1) is 47.6 Å². The first-order chi connectivity index (χ1) is 14.6. The summed E-state index contributed by atoms with van der Waals surface area (Å²) in [5.41, 5.74) is 0. The molecule has 0 heterocycles. The Bertz CT molecular complexity index is 429. The second-order valence-electron chi connectivity index (χ2n) is 4.95. The minimum absolute atomic E-state index is 0.194. The van der Waals surface area contributed by atoms with Crippen molar-refractivity contribution in [1.29, 1.82) is 0 Å². The number of halogens is 2. The summed E-state index contributed by atoms with van der Waals surface area (Å²) < 4.78 is 0. The van der Waals surface area contributed by atoms with Gasteiger partial charge in [-0.3, -0.25) is 0 Å². The number of alkyl halides is 2. The van der Waals surface area contributed by atoms with Crippen LogP contribution in [0.1, 0.15) is 81.1 Å². The third kappa shape index (κ3) is 50.9. The van der Waals surface area contributed by atoms with Crippen molar-refractivity contribution in [3.8, 4) is 0 Å². The molecule has 0 saturated carbocycles. The molecule has 178 valence electrons. The van der Waals surface area contributed by atoms with Crippen molar-refractivity contribution in [1.82, 2.24) is 0 Å². The van der Waals surface area contributed by atoms with Gasteiger partial charge in [-0.25, -0.2) is 0 Å². The highest BCUT2D eigenvalue weighted by molar-refractivity contribution is 7.98. The number of thiol groups is 1. The molecule has 0 atom stereocenters. The SMILES string of the molecule is CC.CC.CCCC.CCCC.CSc1ccccc1.ClCCl.Sc1ccccc1. The molecule has 0 saturated heterocycles. The zero-order valence-electron chi connectivity index (χ0n) is 20.9. The number of thioether (sulfide) groups is 1. The van der Waals surface area contributed by atoms with Crippen LogP contribution in [-0.2, 0) is 0 Å². The van der Waals surface area contributed by atoms with Crippen LogP contribution in [0.25, 0.3) is 0 Å². The molecule has 0 nitrogen and oxygen atoms in total. The minimum atomic E-state index is 0.194. The van der Waals surface area contributed by atoms with Gasteiger partial charge in [-0.2, -0.15) is 0 Å². The highest BCUT2D eigenvalue weighted by atomic mass is 35.5. The Morgan fingerprint density at radius 3 is 1.03 bits per heavy atom. The average Bonchev–Trinajstić information content (AvgIpc) is 2.84. The van der Waals surface area contributed by atoms with Gasteiger partial charge in [0.2, 0.25) is 0 Å². The predicted molar refractivity (Wildman–Crippen MR) is 152 cm³/mol. The Kier molecular flexibility index (Phi) is 62.6. The zero-order valence-corrected chi connectivity index (χ0v) is 24.1. The molecule has 0 aliphatic rings. The van der Waals surface area contributed by atoms with E-state index in [9.17, 15) is 0 Å². The minimum Gasteiger partial charge on any atom is -0.143 e. The van der Waals surface area contributed by atoms with E-state index in [1.807, 2.05) is 76.2 Å². The van der Waals surface area contributed by atoms with E-state index in [0.717, 1.165) is 4.90 Å². The van der Waals surface area contributed by atoms with Crippen LogP contribution in [0, 0.1) is 0 Å². The summed E-state index contributed by atoms with van der Waals surface area (Å²) in [6, 6.07) is 20.1. The van der Waals surface area contributed by atoms with Gasteiger partial charge in [-0.05, 0) is 30.5 Å². The van der Waals surface area contributed by atoms with Crippen LogP contribution in [0.2, 0.25) is 0 Å². The Morgan fingerprint density at radius 1 is 0.633 bits per heavy atom. The maximum absolute atomic E-state index is 4.76. The quantitative estimate of drug-likeness (QED) is 0.251. The van der Waals surface area contributed by atoms with Crippen LogP contribution >= 0.6 is 47.6 Å². The van der Waals surface area contributed by atoms with Crippen molar-refractivity contribution < 1.29 is 0 Å². The van der Waals surface area contributed by atoms with Crippen LogP contribution in [0.3, 0.4) is 0 Å². The fourth-order valence-electron chi connectivity index (χ4n) is 0.985. The molecule has 30 heavy (non-hydrogen) atoms. The van der Waals surface area contributed by atoms with E-state index in [1.54, 1.807) is 11.8 Å². The van der Waals surface area contributed by atoms with Crippen LogP contribution in [0.15, 0.2) is 70.5 Å². The van der Waals surface area contributed by atoms with E-state index in [1.165, 1.54) is 30.6 Å². The van der Waals surface area contributed by atoms with E-state index >= 15 is 0 Å².